The number of rotatable bonds is 6. The van der Waals surface area contributed by atoms with Gasteiger partial charge in [0.15, 0.2) is 0 Å². The Hall–Kier alpha value is -1.84. The normalized spacial score (nSPS) is 39.4. The molecular weight excluding hydrogens is 448 g/mol. The number of carbonyl (C=O) groups excluding carboxylic acids is 2. The Kier molecular flexibility index (Phi) is 7.40. The van der Waals surface area contributed by atoms with Crippen molar-refractivity contribution >= 4 is 11.9 Å². The zero-order chi connectivity index (χ0) is 26.5. The van der Waals surface area contributed by atoms with E-state index in [4.69, 9.17) is 9.47 Å². The molecule has 0 bridgehead atoms. The van der Waals surface area contributed by atoms with Crippen molar-refractivity contribution in [3.8, 4) is 0 Å². The van der Waals surface area contributed by atoms with Crippen LogP contribution in [0.1, 0.15) is 100 Å². The second kappa shape index (κ2) is 9.80. The first-order valence-corrected chi connectivity index (χ1v) is 14.3. The van der Waals surface area contributed by atoms with E-state index < -0.39 is 5.60 Å². The van der Waals surface area contributed by atoms with Gasteiger partial charge in [-0.25, -0.2) is 0 Å². The first-order valence-electron chi connectivity index (χ1n) is 14.3. The minimum atomic E-state index is -0.651. The highest BCUT2D eigenvalue weighted by Crippen LogP contribution is 2.66. The zero-order valence-electron chi connectivity index (χ0n) is 23.9. The topological polar surface area (TPSA) is 52.6 Å². The molecule has 0 radical (unpaired) electrons. The minimum Gasteiger partial charge on any atom is -0.462 e. The van der Waals surface area contributed by atoms with E-state index in [0.717, 1.165) is 19.3 Å². The monoisotopic (exact) mass is 496 g/mol. The molecule has 8 atom stereocenters. The number of ether oxygens (including phenoxy) is 2. The molecule has 0 aliphatic heterocycles. The van der Waals surface area contributed by atoms with Crippen LogP contribution in [0.5, 0.6) is 0 Å². The summed E-state index contributed by atoms with van der Waals surface area (Å²) in [7, 11) is 0. The van der Waals surface area contributed by atoms with Crippen LogP contribution < -0.4 is 0 Å². The zero-order valence-corrected chi connectivity index (χ0v) is 23.9. The maximum absolute atomic E-state index is 12.3. The second-order valence-corrected chi connectivity index (χ2v) is 13.2. The summed E-state index contributed by atoms with van der Waals surface area (Å²) < 4.78 is 11.8. The lowest BCUT2D eigenvalue weighted by Crippen LogP contribution is -2.58. The van der Waals surface area contributed by atoms with E-state index in [1.165, 1.54) is 37.8 Å². The van der Waals surface area contributed by atoms with E-state index >= 15 is 0 Å². The molecule has 4 nitrogen and oxygen atoms in total. The van der Waals surface area contributed by atoms with Crippen molar-refractivity contribution in [2.45, 2.75) is 112 Å². The van der Waals surface area contributed by atoms with Crippen LogP contribution in [-0.4, -0.2) is 23.6 Å². The van der Waals surface area contributed by atoms with Crippen LogP contribution in [0.15, 0.2) is 35.5 Å². The van der Waals surface area contributed by atoms with Gasteiger partial charge in [-0.15, -0.1) is 0 Å². The molecule has 36 heavy (non-hydrogen) atoms. The van der Waals surface area contributed by atoms with Crippen LogP contribution in [0, 0.1) is 40.4 Å². The van der Waals surface area contributed by atoms with Gasteiger partial charge in [0, 0.05) is 32.1 Å². The Morgan fingerprint density at radius 1 is 0.972 bits per heavy atom. The molecule has 0 aromatic rings. The highest BCUT2D eigenvalue weighted by molar-refractivity contribution is 5.68. The van der Waals surface area contributed by atoms with E-state index in [0.29, 0.717) is 42.4 Å². The summed E-state index contributed by atoms with van der Waals surface area (Å²) in [4.78, 5) is 24.0. The number of hydrogen-bond donors (Lipinski definition) is 0. The Bertz CT molecular complexity index is 973. The third-order valence-corrected chi connectivity index (χ3v) is 10.7. The highest BCUT2D eigenvalue weighted by atomic mass is 16.6. The van der Waals surface area contributed by atoms with Gasteiger partial charge in [-0.3, -0.25) is 9.59 Å². The van der Waals surface area contributed by atoms with Gasteiger partial charge in [0.25, 0.3) is 0 Å². The van der Waals surface area contributed by atoms with E-state index in [-0.39, 0.29) is 28.9 Å². The summed E-state index contributed by atoms with van der Waals surface area (Å²) >= 11 is 0. The molecule has 0 aromatic carbocycles. The predicted molar refractivity (Wildman–Crippen MR) is 144 cm³/mol. The first-order chi connectivity index (χ1) is 16.8. The average Bonchev–Trinajstić information content (AvgIpc) is 3.14. The summed E-state index contributed by atoms with van der Waals surface area (Å²) in [5, 5.41) is 0. The van der Waals surface area contributed by atoms with Gasteiger partial charge in [-0.2, -0.15) is 0 Å². The second-order valence-electron chi connectivity index (χ2n) is 13.2. The molecule has 0 N–H and O–H groups in total. The summed E-state index contributed by atoms with van der Waals surface area (Å²) in [6.45, 7) is 17.1. The van der Waals surface area contributed by atoms with Gasteiger partial charge >= 0.3 is 11.9 Å². The summed E-state index contributed by atoms with van der Waals surface area (Å²) in [6, 6.07) is 0. The van der Waals surface area contributed by atoms with E-state index in [9.17, 15) is 9.59 Å². The van der Waals surface area contributed by atoms with E-state index in [1.807, 2.05) is 0 Å². The van der Waals surface area contributed by atoms with Crippen molar-refractivity contribution in [1.29, 1.82) is 0 Å². The molecule has 2 fully saturated rings. The fourth-order valence-electron chi connectivity index (χ4n) is 8.20. The molecule has 200 valence electrons. The number of hydrogen-bond acceptors (Lipinski definition) is 4. The van der Waals surface area contributed by atoms with Crippen LogP contribution in [0.3, 0.4) is 0 Å². The quantitative estimate of drug-likeness (QED) is 0.281. The van der Waals surface area contributed by atoms with Crippen molar-refractivity contribution in [2.24, 2.45) is 40.4 Å². The highest BCUT2D eigenvalue weighted by Gasteiger charge is 2.62. The number of esters is 2. The largest absolute Gasteiger partial charge is 0.462 e. The molecule has 0 spiro atoms. The third kappa shape index (κ3) is 4.52. The van der Waals surface area contributed by atoms with Crippen molar-refractivity contribution in [3.05, 3.63) is 35.5 Å². The van der Waals surface area contributed by atoms with Crippen molar-refractivity contribution < 1.29 is 19.1 Å². The number of carbonyl (C=O) groups is 2. The standard InChI is InChI=1S/C32H48O4/c1-20(2)21(3)9-10-22(4)27-11-12-28-26-14-18-32(36-24(6)34)19-25(35-23(5)33)13-17-31(32,8)29(26)15-16-30(27,28)7/h9-10,14-15,20-22,25,27-28H,11-13,16-19H2,1-8H3/b10-9+/t21-,22-,25+,27+,28+,30-,31+,32+/m0/s1. The summed E-state index contributed by atoms with van der Waals surface area (Å²) in [6.07, 6.45) is 16.1. The molecule has 2 saturated carbocycles. The Labute approximate surface area is 219 Å². The lowest BCUT2D eigenvalue weighted by Gasteiger charge is -2.58. The van der Waals surface area contributed by atoms with Crippen LogP contribution in [0.25, 0.3) is 0 Å². The van der Waals surface area contributed by atoms with Gasteiger partial charge in [0.05, 0.1) is 0 Å². The average molecular weight is 497 g/mol. The van der Waals surface area contributed by atoms with Crippen LogP contribution in [0.4, 0.5) is 0 Å². The molecule has 0 saturated heterocycles. The molecule has 4 rings (SSSR count). The van der Waals surface area contributed by atoms with Crippen LogP contribution in [-0.2, 0) is 19.1 Å². The van der Waals surface area contributed by atoms with E-state index in [2.05, 4.69) is 65.8 Å². The lowest BCUT2D eigenvalue weighted by atomic mass is 9.50. The molecule has 4 heteroatoms. The fourth-order valence-corrected chi connectivity index (χ4v) is 8.20. The summed E-state index contributed by atoms with van der Waals surface area (Å²) in [5.74, 6) is 2.55. The van der Waals surface area contributed by atoms with Gasteiger partial charge in [-0.05, 0) is 78.3 Å². The molecule has 0 unspecified atom stereocenters. The smallest absolute Gasteiger partial charge is 0.303 e. The first kappa shape index (κ1) is 27.2. The Balaban J connectivity index is 1.64. The van der Waals surface area contributed by atoms with Crippen LogP contribution in [0.2, 0.25) is 0 Å². The van der Waals surface area contributed by atoms with Crippen molar-refractivity contribution in [3.63, 3.8) is 0 Å². The Morgan fingerprint density at radius 2 is 1.69 bits per heavy atom. The molecular formula is C32H48O4. The number of fused-ring (bicyclic) bond motifs is 5. The molecule has 0 heterocycles. The number of allylic oxidation sites excluding steroid dienone is 4. The third-order valence-electron chi connectivity index (χ3n) is 10.7. The maximum Gasteiger partial charge on any atom is 0.303 e. The maximum atomic E-state index is 12.3. The van der Waals surface area contributed by atoms with Crippen LogP contribution >= 0.6 is 0 Å². The lowest BCUT2D eigenvalue weighted by molar-refractivity contribution is -0.190. The van der Waals surface area contributed by atoms with Crippen molar-refractivity contribution in [2.75, 3.05) is 0 Å². The molecule has 4 aliphatic carbocycles. The molecule has 4 aliphatic rings. The SMILES string of the molecule is CC(=O)O[C@@H]1CC[C@]2(C)C3=CC[C@]4(C)[C@H](CC[C@@H]4[C@@H](C)/C=C/[C@H](C)C(C)C)C3=CC[C@@]2(OC(C)=O)C1. The van der Waals surface area contributed by atoms with Gasteiger partial charge in [0.1, 0.15) is 11.7 Å². The predicted octanol–water partition coefficient (Wildman–Crippen LogP) is 7.59. The van der Waals surface area contributed by atoms with Crippen molar-refractivity contribution in [1.82, 2.24) is 0 Å². The van der Waals surface area contributed by atoms with Gasteiger partial charge in [-0.1, -0.05) is 65.8 Å². The Morgan fingerprint density at radius 3 is 2.33 bits per heavy atom. The fraction of sp³-hybridized carbons (Fsp3) is 0.750. The van der Waals surface area contributed by atoms with Gasteiger partial charge < -0.3 is 9.47 Å². The minimum absolute atomic E-state index is 0.198. The molecule has 0 amide bonds. The summed E-state index contributed by atoms with van der Waals surface area (Å²) in [5.41, 5.74) is 2.26. The van der Waals surface area contributed by atoms with E-state index in [1.54, 1.807) is 0 Å². The molecule has 0 aromatic heterocycles. The van der Waals surface area contributed by atoms with Gasteiger partial charge in [0.2, 0.25) is 0 Å².